The molecule has 2 amide bonds. The zero-order valence-electron chi connectivity index (χ0n) is 19.0. The summed E-state index contributed by atoms with van der Waals surface area (Å²) < 4.78 is 18.0. The van der Waals surface area contributed by atoms with Crippen LogP contribution in [0, 0.1) is 0 Å². The van der Waals surface area contributed by atoms with Gasteiger partial charge in [0.05, 0.1) is 18.4 Å². The summed E-state index contributed by atoms with van der Waals surface area (Å²) in [7, 11) is -1.82. The molecule has 1 aromatic heterocycles. The van der Waals surface area contributed by atoms with Gasteiger partial charge in [-0.2, -0.15) is 5.10 Å². The van der Waals surface area contributed by atoms with Gasteiger partial charge in [0.25, 0.3) is 0 Å². The van der Waals surface area contributed by atoms with Gasteiger partial charge < -0.3 is 25.2 Å². The minimum absolute atomic E-state index is 0.163. The molecule has 30 heavy (non-hydrogen) atoms. The number of hydrogen-bond acceptors (Lipinski definition) is 5. The molecular formula is C19H34FN5O4Si. The van der Waals surface area contributed by atoms with Gasteiger partial charge in [-0.1, -0.05) is 41.5 Å². The standard InChI is InChI=1S/C19H34FN5O4Si/c1-12(17(28)29)23-15(27)11-22-14(26)10-21-13-9-16(25(8)24-13)30(20,18(2,3)4)19(5,6)7/h9,12H,10-11H2,1-8H3,(H,21,24)(H,22,26)(H,23,27)(H,28,29). The maximum absolute atomic E-state index is 16.5. The summed E-state index contributed by atoms with van der Waals surface area (Å²) in [5, 5.41) is 20.0. The van der Waals surface area contributed by atoms with Crippen molar-refractivity contribution in [1.82, 2.24) is 20.4 Å². The number of hydrogen-bond donors (Lipinski definition) is 4. The first-order chi connectivity index (χ1) is 13.5. The number of amides is 2. The Balaban J connectivity index is 2.78. The predicted octanol–water partition coefficient (Wildman–Crippen LogP) is 1.26. The smallest absolute Gasteiger partial charge is 0.325 e. The second-order valence-corrected chi connectivity index (χ2v) is 14.3. The predicted molar refractivity (Wildman–Crippen MR) is 116 cm³/mol. The molecule has 0 aliphatic rings. The molecule has 0 aliphatic heterocycles. The van der Waals surface area contributed by atoms with E-state index in [1.54, 1.807) is 13.1 Å². The third-order valence-electron chi connectivity index (χ3n) is 4.92. The van der Waals surface area contributed by atoms with E-state index in [0.29, 0.717) is 11.1 Å². The Morgan fingerprint density at radius 2 is 1.67 bits per heavy atom. The van der Waals surface area contributed by atoms with Gasteiger partial charge in [-0.05, 0) is 17.0 Å². The maximum atomic E-state index is 16.5. The second kappa shape index (κ2) is 9.15. The molecule has 0 saturated carbocycles. The lowest BCUT2D eigenvalue weighted by molar-refractivity contribution is -0.141. The lowest BCUT2D eigenvalue weighted by Gasteiger charge is -2.44. The van der Waals surface area contributed by atoms with Crippen molar-refractivity contribution in [2.75, 3.05) is 18.4 Å². The van der Waals surface area contributed by atoms with Gasteiger partial charge in [-0.25, -0.2) is 0 Å². The number of aryl methyl sites for hydroxylation is 1. The van der Waals surface area contributed by atoms with Crippen LogP contribution in [0.15, 0.2) is 6.07 Å². The number of nitrogens with zero attached hydrogens (tertiary/aromatic N) is 2. The summed E-state index contributed by atoms with van der Waals surface area (Å²) in [4.78, 5) is 34.3. The van der Waals surface area contributed by atoms with Crippen molar-refractivity contribution in [1.29, 1.82) is 0 Å². The number of carboxylic acid groups (broad SMARTS) is 1. The number of carboxylic acids is 1. The van der Waals surface area contributed by atoms with E-state index in [1.165, 1.54) is 11.6 Å². The molecule has 1 atom stereocenters. The topological polar surface area (TPSA) is 125 Å². The summed E-state index contributed by atoms with van der Waals surface area (Å²) in [6, 6.07) is 0.604. The summed E-state index contributed by atoms with van der Waals surface area (Å²) >= 11 is 0. The third-order valence-corrected chi connectivity index (χ3v) is 10.2. The van der Waals surface area contributed by atoms with Crippen LogP contribution in [0.5, 0.6) is 0 Å². The van der Waals surface area contributed by atoms with Gasteiger partial charge in [0.2, 0.25) is 11.8 Å². The van der Waals surface area contributed by atoms with Crippen LogP contribution in [0.25, 0.3) is 0 Å². The van der Waals surface area contributed by atoms with E-state index in [9.17, 15) is 14.4 Å². The van der Waals surface area contributed by atoms with Gasteiger partial charge in [0.15, 0.2) is 0 Å². The first-order valence-electron chi connectivity index (χ1n) is 9.77. The Hall–Kier alpha value is -2.43. The van der Waals surface area contributed by atoms with Gasteiger partial charge in [0.1, 0.15) is 11.9 Å². The number of anilines is 1. The Morgan fingerprint density at radius 3 is 2.13 bits per heavy atom. The quantitative estimate of drug-likeness (QED) is 0.354. The van der Waals surface area contributed by atoms with Gasteiger partial charge in [-0.15, -0.1) is 0 Å². The molecule has 1 rings (SSSR count). The number of carbonyl (C=O) groups excluding carboxylic acids is 2. The highest BCUT2D eigenvalue weighted by Crippen LogP contribution is 2.51. The fourth-order valence-corrected chi connectivity index (χ4v) is 8.15. The molecule has 0 fully saturated rings. The van der Waals surface area contributed by atoms with E-state index in [-0.39, 0.29) is 13.1 Å². The number of rotatable bonds is 8. The fraction of sp³-hybridized carbons (Fsp3) is 0.684. The molecule has 1 unspecified atom stereocenters. The highest BCUT2D eigenvalue weighted by atomic mass is 28.4. The highest BCUT2D eigenvalue weighted by Gasteiger charge is 2.58. The number of aliphatic carboxylic acids is 1. The Morgan fingerprint density at radius 1 is 1.13 bits per heavy atom. The Labute approximate surface area is 178 Å². The molecule has 0 aromatic carbocycles. The minimum atomic E-state index is -3.50. The summed E-state index contributed by atoms with van der Waals surface area (Å²) in [5.74, 6) is -1.88. The average molecular weight is 444 g/mol. The second-order valence-electron chi connectivity index (χ2n) is 9.45. The van der Waals surface area contributed by atoms with Gasteiger partial charge in [-0.3, -0.25) is 19.1 Å². The monoisotopic (exact) mass is 443 g/mol. The summed E-state index contributed by atoms with van der Waals surface area (Å²) in [6.45, 7) is 12.2. The lowest BCUT2D eigenvalue weighted by Crippen LogP contribution is -2.60. The first-order valence-corrected chi connectivity index (χ1v) is 11.6. The zero-order chi connectivity index (χ0) is 23.5. The third kappa shape index (κ3) is 5.80. The molecule has 1 aromatic rings. The highest BCUT2D eigenvalue weighted by molar-refractivity contribution is 6.90. The molecule has 11 heteroatoms. The number of halogens is 1. The van der Waals surface area contributed by atoms with Crippen molar-refractivity contribution in [3.05, 3.63) is 6.07 Å². The molecule has 0 radical (unpaired) electrons. The van der Waals surface area contributed by atoms with Gasteiger partial charge >= 0.3 is 14.4 Å². The van der Waals surface area contributed by atoms with Crippen molar-refractivity contribution in [2.24, 2.45) is 7.05 Å². The van der Waals surface area contributed by atoms with Crippen molar-refractivity contribution < 1.29 is 23.6 Å². The van der Waals surface area contributed by atoms with Crippen molar-refractivity contribution in [3.8, 4) is 0 Å². The average Bonchev–Trinajstić information content (AvgIpc) is 2.96. The van der Waals surface area contributed by atoms with Crippen molar-refractivity contribution >= 4 is 37.3 Å². The molecular weight excluding hydrogens is 409 g/mol. The van der Waals surface area contributed by atoms with Crippen LogP contribution in [0.1, 0.15) is 48.5 Å². The Kier molecular flexibility index (Phi) is 7.81. The van der Waals surface area contributed by atoms with E-state index in [0.717, 1.165) is 0 Å². The molecule has 0 spiro atoms. The molecule has 0 aliphatic carbocycles. The normalized spacial score (nSPS) is 13.5. The fourth-order valence-electron chi connectivity index (χ4n) is 3.54. The molecule has 170 valence electrons. The van der Waals surface area contributed by atoms with E-state index >= 15 is 4.11 Å². The van der Waals surface area contributed by atoms with Crippen molar-refractivity contribution in [2.45, 2.75) is 64.6 Å². The van der Waals surface area contributed by atoms with E-state index in [4.69, 9.17) is 5.11 Å². The van der Waals surface area contributed by atoms with Gasteiger partial charge in [0, 0.05) is 13.1 Å². The van der Waals surface area contributed by atoms with Crippen LogP contribution in [0.4, 0.5) is 9.93 Å². The van der Waals surface area contributed by atoms with E-state index < -0.39 is 42.3 Å². The van der Waals surface area contributed by atoms with E-state index in [2.05, 4.69) is 21.0 Å². The van der Waals surface area contributed by atoms with Crippen LogP contribution >= 0.6 is 0 Å². The summed E-state index contributed by atoms with van der Waals surface area (Å²) in [6.07, 6.45) is 0. The van der Waals surface area contributed by atoms with Crippen LogP contribution in [-0.4, -0.2) is 60.2 Å². The zero-order valence-corrected chi connectivity index (χ0v) is 20.0. The van der Waals surface area contributed by atoms with Crippen LogP contribution < -0.4 is 21.3 Å². The number of nitrogens with one attached hydrogen (secondary N) is 3. The number of carbonyl (C=O) groups is 3. The van der Waals surface area contributed by atoms with Crippen LogP contribution in [0.2, 0.25) is 10.1 Å². The molecule has 0 saturated heterocycles. The summed E-state index contributed by atoms with van der Waals surface area (Å²) in [5.41, 5.74) is 0. The largest absolute Gasteiger partial charge is 0.480 e. The molecule has 0 bridgehead atoms. The minimum Gasteiger partial charge on any atom is -0.480 e. The SMILES string of the molecule is CC(NC(=O)CNC(=O)CNc1cc([Si](F)(C(C)(C)C)C(C)(C)C)n(C)n1)C(=O)O. The lowest BCUT2D eigenvalue weighted by atomic mass is 10.2. The maximum Gasteiger partial charge on any atom is 0.325 e. The van der Waals surface area contributed by atoms with Crippen LogP contribution in [0.3, 0.4) is 0 Å². The molecule has 4 N–H and O–H groups in total. The van der Waals surface area contributed by atoms with E-state index in [1.807, 2.05) is 41.5 Å². The van der Waals surface area contributed by atoms with Crippen molar-refractivity contribution in [3.63, 3.8) is 0 Å². The molecule has 9 nitrogen and oxygen atoms in total. The Bertz CT molecular complexity index is 784. The van der Waals surface area contributed by atoms with Crippen LogP contribution in [-0.2, 0) is 21.4 Å². The number of aromatic nitrogens is 2. The first kappa shape index (κ1) is 25.6. The molecule has 1 heterocycles.